The van der Waals surface area contributed by atoms with Gasteiger partial charge in [0.1, 0.15) is 12.0 Å². The van der Waals surface area contributed by atoms with Crippen molar-refractivity contribution in [1.82, 2.24) is 10.2 Å². The Kier molecular flexibility index (Phi) is 3.29. The summed E-state index contributed by atoms with van der Waals surface area (Å²) >= 11 is 0. The fourth-order valence-corrected chi connectivity index (χ4v) is 1.08. The van der Waals surface area contributed by atoms with Gasteiger partial charge in [-0.3, -0.25) is 4.79 Å². The molecular weight excluding hydrogens is 196 g/mol. The van der Waals surface area contributed by atoms with Gasteiger partial charge in [-0.2, -0.15) is 5.10 Å². The quantitative estimate of drug-likeness (QED) is 0.229. The van der Waals surface area contributed by atoms with Crippen molar-refractivity contribution in [2.45, 2.75) is 13.8 Å². The molecule has 1 aromatic rings. The Labute approximate surface area is 86.7 Å². The molecule has 7 heteroatoms. The van der Waals surface area contributed by atoms with Crippen LogP contribution in [0.15, 0.2) is 11.2 Å². The highest BCUT2D eigenvalue weighted by atomic mass is 16.1. The van der Waals surface area contributed by atoms with E-state index in [1.807, 2.05) is 0 Å². The maximum absolute atomic E-state index is 11.1. The number of Topliss-reactive ketones (excluding diaryl/α,β-unsaturated/α-hetero) is 1. The molecule has 0 aromatic carbocycles. The lowest BCUT2D eigenvalue weighted by Crippen LogP contribution is -2.31. The summed E-state index contributed by atoms with van der Waals surface area (Å²) in [5, 5.41) is 11.9. The SMILES string of the molecule is CC(=O)c1nnc(N(N)/C=N\N)cc1C. The number of aryl methyl sites for hydroxylation is 1. The summed E-state index contributed by atoms with van der Waals surface area (Å²) in [6, 6.07) is 1.63. The summed E-state index contributed by atoms with van der Waals surface area (Å²) < 4.78 is 0. The first-order chi connectivity index (χ1) is 7.06. The largest absolute Gasteiger partial charge is 0.322 e. The minimum atomic E-state index is -0.136. The van der Waals surface area contributed by atoms with Crippen LogP contribution in [0.1, 0.15) is 23.0 Å². The number of anilines is 1. The van der Waals surface area contributed by atoms with Crippen LogP contribution in [-0.2, 0) is 0 Å². The average Bonchev–Trinajstić information content (AvgIpc) is 2.17. The Bertz CT molecular complexity index is 402. The second-order valence-electron chi connectivity index (χ2n) is 2.96. The van der Waals surface area contributed by atoms with Crippen molar-refractivity contribution in [3.63, 3.8) is 0 Å². The van der Waals surface area contributed by atoms with E-state index in [0.29, 0.717) is 17.1 Å². The lowest BCUT2D eigenvalue weighted by Gasteiger charge is -2.11. The molecule has 0 atom stereocenters. The highest BCUT2D eigenvalue weighted by molar-refractivity contribution is 5.93. The van der Waals surface area contributed by atoms with E-state index in [2.05, 4.69) is 15.3 Å². The second kappa shape index (κ2) is 4.47. The molecule has 0 saturated heterocycles. The average molecular weight is 208 g/mol. The first kappa shape index (κ1) is 11.1. The van der Waals surface area contributed by atoms with Crippen LogP contribution in [0.4, 0.5) is 5.82 Å². The smallest absolute Gasteiger partial charge is 0.180 e. The summed E-state index contributed by atoms with van der Waals surface area (Å²) in [5.74, 6) is 10.7. The van der Waals surface area contributed by atoms with Crippen molar-refractivity contribution < 1.29 is 4.79 Å². The molecule has 80 valence electrons. The van der Waals surface area contributed by atoms with Crippen LogP contribution in [0.5, 0.6) is 0 Å². The van der Waals surface area contributed by atoms with Gasteiger partial charge in [0.15, 0.2) is 11.6 Å². The monoisotopic (exact) mass is 208 g/mol. The van der Waals surface area contributed by atoms with Gasteiger partial charge in [0, 0.05) is 6.92 Å². The number of aromatic nitrogens is 2. The minimum Gasteiger partial charge on any atom is -0.322 e. The van der Waals surface area contributed by atoms with E-state index in [1.54, 1.807) is 13.0 Å². The number of hydrogen-bond acceptors (Lipinski definition) is 6. The zero-order valence-electron chi connectivity index (χ0n) is 8.51. The molecule has 0 aliphatic heterocycles. The van der Waals surface area contributed by atoms with E-state index < -0.39 is 0 Å². The first-order valence-corrected chi connectivity index (χ1v) is 4.19. The third-order valence-corrected chi connectivity index (χ3v) is 1.76. The number of hydrogen-bond donors (Lipinski definition) is 2. The van der Waals surface area contributed by atoms with E-state index >= 15 is 0 Å². The van der Waals surface area contributed by atoms with Crippen LogP contribution < -0.4 is 16.7 Å². The minimum absolute atomic E-state index is 0.136. The summed E-state index contributed by atoms with van der Waals surface area (Å²) in [4.78, 5) is 11.1. The predicted octanol–water partition coefficient (Wildman–Crippen LogP) is -0.430. The molecule has 0 saturated carbocycles. The Morgan fingerprint density at radius 3 is 2.73 bits per heavy atom. The van der Waals surface area contributed by atoms with Crippen LogP contribution in [0.2, 0.25) is 0 Å². The van der Waals surface area contributed by atoms with Crippen molar-refractivity contribution in [2.75, 3.05) is 5.01 Å². The number of rotatable bonds is 3. The number of carbonyl (C=O) groups excluding carboxylic acids is 1. The van der Waals surface area contributed by atoms with Crippen LogP contribution in [0.25, 0.3) is 0 Å². The molecule has 4 N–H and O–H groups in total. The van der Waals surface area contributed by atoms with Crippen molar-refractivity contribution >= 4 is 17.9 Å². The van der Waals surface area contributed by atoms with Gasteiger partial charge in [0.05, 0.1) is 0 Å². The molecule has 15 heavy (non-hydrogen) atoms. The van der Waals surface area contributed by atoms with Gasteiger partial charge < -0.3 is 5.84 Å². The van der Waals surface area contributed by atoms with Crippen molar-refractivity contribution in [1.29, 1.82) is 0 Å². The summed E-state index contributed by atoms with van der Waals surface area (Å²) in [5.41, 5.74) is 1.03. The molecule has 1 heterocycles. The number of ketones is 1. The third kappa shape index (κ3) is 2.47. The Hall–Kier alpha value is -2.02. The van der Waals surface area contributed by atoms with Crippen LogP contribution >= 0.6 is 0 Å². The molecular formula is C8H12N6O. The van der Waals surface area contributed by atoms with E-state index in [0.717, 1.165) is 5.01 Å². The predicted molar refractivity (Wildman–Crippen MR) is 56.1 cm³/mol. The molecule has 0 aliphatic carbocycles. The molecule has 1 aromatic heterocycles. The highest BCUT2D eigenvalue weighted by Gasteiger charge is 2.09. The van der Waals surface area contributed by atoms with Crippen LogP contribution in [-0.4, -0.2) is 22.3 Å². The normalized spacial score (nSPS) is 10.6. The van der Waals surface area contributed by atoms with E-state index in [4.69, 9.17) is 11.7 Å². The molecule has 0 bridgehead atoms. The summed E-state index contributed by atoms with van der Waals surface area (Å²) in [6.45, 7) is 3.18. The molecule has 0 radical (unpaired) electrons. The van der Waals surface area contributed by atoms with Gasteiger partial charge >= 0.3 is 0 Å². The molecule has 7 nitrogen and oxygen atoms in total. The molecule has 0 fully saturated rings. The van der Waals surface area contributed by atoms with E-state index in [1.165, 1.54) is 13.3 Å². The van der Waals surface area contributed by atoms with Gasteiger partial charge in [0.2, 0.25) is 0 Å². The second-order valence-corrected chi connectivity index (χ2v) is 2.96. The standard InChI is InChI=1S/C8H12N6O/c1-5-3-7(14(10)4-11-9)12-13-8(5)6(2)15/h3-4H,9-10H2,1-2H3/b11-4-. The van der Waals surface area contributed by atoms with Gasteiger partial charge in [0.25, 0.3) is 0 Å². The maximum atomic E-state index is 11.1. The van der Waals surface area contributed by atoms with Gasteiger partial charge in [-0.05, 0) is 18.6 Å². The fraction of sp³-hybridized carbons (Fsp3) is 0.250. The molecule has 0 aliphatic rings. The van der Waals surface area contributed by atoms with E-state index in [-0.39, 0.29) is 5.78 Å². The maximum Gasteiger partial charge on any atom is 0.180 e. The number of hydrazone groups is 1. The lowest BCUT2D eigenvalue weighted by molar-refractivity contribution is 0.101. The number of nitrogens with zero attached hydrogens (tertiary/aromatic N) is 4. The first-order valence-electron chi connectivity index (χ1n) is 4.19. The van der Waals surface area contributed by atoms with Crippen molar-refractivity contribution in [3.05, 3.63) is 17.3 Å². The molecule has 0 spiro atoms. The zero-order valence-corrected chi connectivity index (χ0v) is 8.51. The van der Waals surface area contributed by atoms with Gasteiger partial charge in [-0.1, -0.05) is 0 Å². The molecule has 0 unspecified atom stereocenters. The summed E-state index contributed by atoms with van der Waals surface area (Å²) in [7, 11) is 0. The zero-order chi connectivity index (χ0) is 11.4. The summed E-state index contributed by atoms with van der Waals surface area (Å²) in [6.07, 6.45) is 1.19. The van der Waals surface area contributed by atoms with Gasteiger partial charge in [-0.15, -0.1) is 10.2 Å². The lowest BCUT2D eigenvalue weighted by atomic mass is 10.2. The number of carbonyl (C=O) groups is 1. The third-order valence-electron chi connectivity index (χ3n) is 1.76. The Morgan fingerprint density at radius 2 is 2.27 bits per heavy atom. The fourth-order valence-electron chi connectivity index (χ4n) is 1.08. The van der Waals surface area contributed by atoms with Crippen LogP contribution in [0.3, 0.4) is 0 Å². The molecule has 0 amide bonds. The topological polar surface area (TPSA) is 110 Å². The number of hydrazine groups is 1. The number of nitrogens with two attached hydrogens (primary N) is 2. The van der Waals surface area contributed by atoms with Gasteiger partial charge in [-0.25, -0.2) is 10.9 Å². The molecule has 1 rings (SSSR count). The van der Waals surface area contributed by atoms with Crippen molar-refractivity contribution in [3.8, 4) is 0 Å². The van der Waals surface area contributed by atoms with E-state index in [9.17, 15) is 4.79 Å². The Balaban J connectivity index is 3.06. The van der Waals surface area contributed by atoms with Crippen LogP contribution in [0, 0.1) is 6.92 Å². The highest BCUT2D eigenvalue weighted by Crippen LogP contribution is 2.10. The Morgan fingerprint density at radius 1 is 1.60 bits per heavy atom. The van der Waals surface area contributed by atoms with Crippen molar-refractivity contribution in [2.24, 2.45) is 16.8 Å².